The van der Waals surface area contributed by atoms with Crippen LogP contribution in [0.25, 0.3) is 0 Å². The minimum Gasteiger partial charge on any atom is -0.478 e. The van der Waals surface area contributed by atoms with Crippen LogP contribution in [-0.2, 0) is 9.59 Å². The van der Waals surface area contributed by atoms with Crippen molar-refractivity contribution in [2.24, 2.45) is 5.92 Å². The monoisotopic (exact) mass is 401 g/mol. The maximum Gasteiger partial charge on any atom is 0.339 e. The molecule has 1 fully saturated rings. The largest absolute Gasteiger partial charge is 0.478 e. The molecule has 2 atom stereocenters. The first-order chi connectivity index (χ1) is 13.8. The highest BCUT2D eigenvalue weighted by Crippen LogP contribution is 2.38. The van der Waals surface area contributed by atoms with Crippen molar-refractivity contribution in [1.29, 1.82) is 0 Å². The second-order valence-electron chi connectivity index (χ2n) is 7.29. The Morgan fingerprint density at radius 2 is 1.79 bits per heavy atom. The van der Waals surface area contributed by atoms with Crippen molar-refractivity contribution in [3.63, 3.8) is 0 Å². The van der Waals surface area contributed by atoms with E-state index in [1.165, 1.54) is 24.3 Å². The van der Waals surface area contributed by atoms with Crippen LogP contribution in [0.5, 0.6) is 0 Å². The van der Waals surface area contributed by atoms with Gasteiger partial charge in [0.15, 0.2) is 0 Å². The van der Waals surface area contributed by atoms with Gasteiger partial charge in [0.2, 0.25) is 5.91 Å². The molecule has 2 aromatic rings. The number of hydrogen-bond acceptors (Lipinski definition) is 3. The summed E-state index contributed by atoms with van der Waals surface area (Å²) in [6.07, 6.45) is 2.66. The SMILES string of the molecule is CC(=O)C(C(=O)N[C@H](c1cccc(F)c1)C1CCC1)c1cccc(F)c1C(=O)O. The molecule has 1 unspecified atom stereocenters. The van der Waals surface area contributed by atoms with Crippen molar-refractivity contribution in [2.75, 3.05) is 0 Å². The Hall–Kier alpha value is -3.09. The van der Waals surface area contributed by atoms with Crippen molar-refractivity contribution in [1.82, 2.24) is 5.32 Å². The van der Waals surface area contributed by atoms with E-state index in [1.54, 1.807) is 12.1 Å². The van der Waals surface area contributed by atoms with E-state index in [0.717, 1.165) is 32.3 Å². The molecule has 5 nitrogen and oxygen atoms in total. The molecule has 0 spiro atoms. The number of aromatic carboxylic acids is 1. The molecule has 0 bridgehead atoms. The van der Waals surface area contributed by atoms with Gasteiger partial charge in [0.05, 0.1) is 11.6 Å². The highest BCUT2D eigenvalue weighted by atomic mass is 19.1. The standard InChI is InChI=1S/C22H21F2NO4/c1-12(26)18(16-9-4-10-17(24)19(16)22(28)29)21(27)25-20(13-5-2-6-13)14-7-3-8-15(23)11-14/h3-4,7-11,13,18,20H,2,5-6H2,1H3,(H,25,27)(H,28,29)/t18?,20-/m0/s1. The van der Waals surface area contributed by atoms with Crippen LogP contribution in [0.2, 0.25) is 0 Å². The van der Waals surface area contributed by atoms with Gasteiger partial charge < -0.3 is 10.4 Å². The van der Waals surface area contributed by atoms with Crippen molar-refractivity contribution in [3.8, 4) is 0 Å². The zero-order valence-electron chi connectivity index (χ0n) is 15.8. The molecule has 29 heavy (non-hydrogen) atoms. The third-order valence-electron chi connectivity index (χ3n) is 5.37. The molecule has 7 heteroatoms. The summed E-state index contributed by atoms with van der Waals surface area (Å²) >= 11 is 0. The van der Waals surface area contributed by atoms with E-state index in [4.69, 9.17) is 0 Å². The summed E-state index contributed by atoms with van der Waals surface area (Å²) in [7, 11) is 0. The maximum absolute atomic E-state index is 14.1. The molecule has 1 amide bonds. The first-order valence-electron chi connectivity index (χ1n) is 9.37. The predicted molar refractivity (Wildman–Crippen MR) is 101 cm³/mol. The number of halogens is 2. The van der Waals surface area contributed by atoms with E-state index in [9.17, 15) is 28.3 Å². The number of carbonyl (C=O) groups excluding carboxylic acids is 2. The number of rotatable bonds is 7. The lowest BCUT2D eigenvalue weighted by Crippen LogP contribution is -2.40. The van der Waals surface area contributed by atoms with Crippen LogP contribution in [-0.4, -0.2) is 22.8 Å². The Balaban J connectivity index is 1.96. The number of carboxylic acid groups (broad SMARTS) is 1. The summed E-state index contributed by atoms with van der Waals surface area (Å²) < 4.78 is 27.8. The van der Waals surface area contributed by atoms with Crippen LogP contribution >= 0.6 is 0 Å². The van der Waals surface area contributed by atoms with E-state index < -0.39 is 46.8 Å². The number of ketones is 1. The van der Waals surface area contributed by atoms with Crippen LogP contribution in [0, 0.1) is 17.6 Å². The molecule has 0 aromatic heterocycles. The van der Waals surface area contributed by atoms with E-state index >= 15 is 0 Å². The van der Waals surface area contributed by atoms with E-state index in [-0.39, 0.29) is 11.5 Å². The molecular weight excluding hydrogens is 380 g/mol. The first kappa shape index (κ1) is 20.6. The minimum atomic E-state index is -1.56. The quantitative estimate of drug-likeness (QED) is 0.687. The van der Waals surface area contributed by atoms with E-state index in [1.807, 2.05) is 0 Å². The molecule has 1 saturated carbocycles. The number of carbonyl (C=O) groups is 3. The van der Waals surface area contributed by atoms with Crippen LogP contribution < -0.4 is 5.32 Å². The Labute approximate surface area is 166 Å². The fraction of sp³-hybridized carbons (Fsp3) is 0.318. The van der Waals surface area contributed by atoms with Crippen LogP contribution in [0.15, 0.2) is 42.5 Å². The van der Waals surface area contributed by atoms with Crippen molar-refractivity contribution >= 4 is 17.7 Å². The zero-order valence-corrected chi connectivity index (χ0v) is 15.8. The number of amides is 1. The molecule has 152 valence electrons. The van der Waals surface area contributed by atoms with E-state index in [0.29, 0.717) is 5.56 Å². The van der Waals surface area contributed by atoms with Gasteiger partial charge in [0.1, 0.15) is 23.3 Å². The second kappa shape index (κ2) is 8.51. The number of hydrogen-bond donors (Lipinski definition) is 2. The zero-order chi connectivity index (χ0) is 21.1. The van der Waals surface area contributed by atoms with Gasteiger partial charge >= 0.3 is 5.97 Å². The average Bonchev–Trinajstić information content (AvgIpc) is 2.59. The third-order valence-corrected chi connectivity index (χ3v) is 5.37. The van der Waals surface area contributed by atoms with Crippen molar-refractivity contribution in [3.05, 3.63) is 70.8 Å². The maximum atomic E-state index is 14.1. The molecule has 0 heterocycles. The first-order valence-corrected chi connectivity index (χ1v) is 9.37. The van der Waals surface area contributed by atoms with Crippen LogP contribution in [0.1, 0.15) is 59.6 Å². The molecule has 2 aromatic carbocycles. The summed E-state index contributed by atoms with van der Waals surface area (Å²) in [5, 5.41) is 12.1. The number of carboxylic acids is 1. The molecule has 1 aliphatic rings. The van der Waals surface area contributed by atoms with Gasteiger partial charge in [-0.2, -0.15) is 0 Å². The lowest BCUT2D eigenvalue weighted by molar-refractivity contribution is -0.130. The van der Waals surface area contributed by atoms with Gasteiger partial charge in [-0.25, -0.2) is 13.6 Å². The van der Waals surface area contributed by atoms with Crippen LogP contribution in [0.3, 0.4) is 0 Å². The summed E-state index contributed by atoms with van der Waals surface area (Å²) in [6.45, 7) is 1.15. The van der Waals surface area contributed by atoms with Crippen molar-refractivity contribution in [2.45, 2.75) is 38.1 Å². The van der Waals surface area contributed by atoms with Gasteiger partial charge in [0.25, 0.3) is 0 Å². The molecule has 0 aliphatic heterocycles. The fourth-order valence-corrected chi connectivity index (χ4v) is 3.73. The summed E-state index contributed by atoms with van der Waals surface area (Å²) in [4.78, 5) is 36.8. The normalized spacial score (nSPS) is 15.8. The third kappa shape index (κ3) is 4.34. The second-order valence-corrected chi connectivity index (χ2v) is 7.29. The van der Waals surface area contributed by atoms with Gasteiger partial charge in [0, 0.05) is 0 Å². The van der Waals surface area contributed by atoms with Crippen molar-refractivity contribution < 1.29 is 28.3 Å². The lowest BCUT2D eigenvalue weighted by Gasteiger charge is -2.35. The summed E-state index contributed by atoms with van der Waals surface area (Å²) in [6, 6.07) is 8.83. The van der Waals surface area contributed by atoms with Gasteiger partial charge in [-0.05, 0) is 55.0 Å². The Morgan fingerprint density at radius 3 is 2.34 bits per heavy atom. The summed E-state index contributed by atoms with van der Waals surface area (Å²) in [5.74, 6) is -5.75. The Bertz CT molecular complexity index is 956. The molecule has 0 radical (unpaired) electrons. The minimum absolute atomic E-state index is 0.0832. The topological polar surface area (TPSA) is 83.5 Å². The molecular formula is C22H21F2NO4. The molecule has 1 aliphatic carbocycles. The van der Waals surface area contributed by atoms with Gasteiger partial charge in [-0.3, -0.25) is 9.59 Å². The average molecular weight is 401 g/mol. The summed E-state index contributed by atoms with van der Waals surface area (Å²) in [5.41, 5.74) is -0.328. The number of benzene rings is 2. The highest BCUT2D eigenvalue weighted by Gasteiger charge is 2.35. The molecule has 2 N–H and O–H groups in total. The Morgan fingerprint density at radius 1 is 1.10 bits per heavy atom. The number of Topliss-reactive ketones (excluding diaryl/α,β-unsaturated/α-hetero) is 1. The van der Waals surface area contributed by atoms with Gasteiger partial charge in [-0.15, -0.1) is 0 Å². The van der Waals surface area contributed by atoms with E-state index in [2.05, 4.69) is 5.32 Å². The smallest absolute Gasteiger partial charge is 0.339 e. The molecule has 3 rings (SSSR count). The predicted octanol–water partition coefficient (Wildman–Crippen LogP) is 3.99. The van der Waals surface area contributed by atoms with Gasteiger partial charge in [-0.1, -0.05) is 30.7 Å². The fourth-order valence-electron chi connectivity index (χ4n) is 3.73. The van der Waals surface area contributed by atoms with Crippen LogP contribution in [0.4, 0.5) is 8.78 Å². The highest BCUT2D eigenvalue weighted by molar-refractivity contribution is 6.08. The number of nitrogens with one attached hydrogen (secondary N) is 1. The lowest BCUT2D eigenvalue weighted by atomic mass is 9.76. The molecule has 0 saturated heterocycles. The Kier molecular flexibility index (Phi) is 6.06.